The highest BCUT2D eigenvalue weighted by atomic mass is 16.3. The van der Waals surface area contributed by atoms with Crippen LogP contribution in [0, 0.1) is 5.92 Å². The lowest BCUT2D eigenvalue weighted by Gasteiger charge is -1.86. The molecule has 8 heavy (non-hydrogen) atoms. The molecule has 2 heteroatoms. The van der Waals surface area contributed by atoms with Gasteiger partial charge in [-0.25, -0.2) is 0 Å². The van der Waals surface area contributed by atoms with Crippen molar-refractivity contribution in [3.63, 3.8) is 0 Å². The van der Waals surface area contributed by atoms with Gasteiger partial charge in [-0.15, -0.1) is 0 Å². The second-order valence-corrected chi connectivity index (χ2v) is 1.96. The van der Waals surface area contributed by atoms with Gasteiger partial charge in [-0.3, -0.25) is 0 Å². The molecule has 0 atom stereocenters. The zero-order valence-corrected chi connectivity index (χ0v) is 4.63. The van der Waals surface area contributed by atoms with Gasteiger partial charge in [0.25, 0.3) is 0 Å². The standard InChI is InChI=1S/C6H8O2/c1-4-2-5(7)6(8)3-4/h2-4,7-8H,1H3. The maximum atomic E-state index is 8.71. The van der Waals surface area contributed by atoms with E-state index in [2.05, 4.69) is 0 Å². The highest BCUT2D eigenvalue weighted by molar-refractivity contribution is 5.27. The normalized spacial score (nSPS) is 20.6. The van der Waals surface area contributed by atoms with Crippen LogP contribution in [0.25, 0.3) is 0 Å². The summed E-state index contributed by atoms with van der Waals surface area (Å²) in [4.78, 5) is 0. The Morgan fingerprint density at radius 1 is 1.25 bits per heavy atom. The molecule has 2 nitrogen and oxygen atoms in total. The van der Waals surface area contributed by atoms with Gasteiger partial charge < -0.3 is 10.2 Å². The number of hydrogen-bond donors (Lipinski definition) is 2. The molecule has 0 aromatic rings. The van der Waals surface area contributed by atoms with Crippen LogP contribution >= 0.6 is 0 Å². The van der Waals surface area contributed by atoms with Crippen molar-refractivity contribution in [1.29, 1.82) is 0 Å². The Labute approximate surface area is 47.8 Å². The first kappa shape index (κ1) is 5.22. The van der Waals surface area contributed by atoms with Crippen LogP contribution in [0.1, 0.15) is 6.92 Å². The maximum Gasteiger partial charge on any atom is 0.153 e. The van der Waals surface area contributed by atoms with Gasteiger partial charge in [-0.05, 0) is 18.1 Å². The fourth-order valence-electron chi connectivity index (χ4n) is 0.717. The predicted molar refractivity (Wildman–Crippen MR) is 30.6 cm³/mol. The summed E-state index contributed by atoms with van der Waals surface area (Å²) >= 11 is 0. The quantitative estimate of drug-likeness (QED) is 0.498. The Kier molecular flexibility index (Phi) is 1.01. The average Bonchev–Trinajstić information content (AvgIpc) is 1.85. The van der Waals surface area contributed by atoms with Crippen molar-refractivity contribution >= 4 is 0 Å². The van der Waals surface area contributed by atoms with Gasteiger partial charge in [0.1, 0.15) is 0 Å². The van der Waals surface area contributed by atoms with Crippen molar-refractivity contribution in [1.82, 2.24) is 0 Å². The SMILES string of the molecule is CC1C=C(O)C(O)=C1. The third-order valence-electron chi connectivity index (χ3n) is 1.10. The lowest BCUT2D eigenvalue weighted by Crippen LogP contribution is -1.78. The van der Waals surface area contributed by atoms with Crippen LogP contribution in [-0.2, 0) is 0 Å². The highest BCUT2D eigenvalue weighted by Crippen LogP contribution is 2.17. The molecule has 0 spiro atoms. The number of aliphatic hydroxyl groups is 2. The third kappa shape index (κ3) is 0.689. The summed E-state index contributed by atoms with van der Waals surface area (Å²) in [6.45, 7) is 1.89. The van der Waals surface area contributed by atoms with Crippen LogP contribution in [0.4, 0.5) is 0 Å². The van der Waals surface area contributed by atoms with Crippen LogP contribution in [0.2, 0.25) is 0 Å². The molecule has 1 aliphatic rings. The van der Waals surface area contributed by atoms with E-state index in [1.54, 1.807) is 12.2 Å². The molecule has 0 bridgehead atoms. The second-order valence-electron chi connectivity index (χ2n) is 1.96. The van der Waals surface area contributed by atoms with Gasteiger partial charge in [-0.2, -0.15) is 0 Å². The Bertz CT molecular complexity index is 138. The summed E-state index contributed by atoms with van der Waals surface area (Å²) in [5.41, 5.74) is 0. The largest absolute Gasteiger partial charge is 0.504 e. The molecule has 0 saturated carbocycles. The first-order valence-electron chi connectivity index (χ1n) is 2.52. The summed E-state index contributed by atoms with van der Waals surface area (Å²) in [5.74, 6) is 0.171. The Hall–Kier alpha value is -0.920. The van der Waals surface area contributed by atoms with E-state index < -0.39 is 0 Å². The summed E-state index contributed by atoms with van der Waals surface area (Å²) in [6, 6.07) is 0. The first-order valence-corrected chi connectivity index (χ1v) is 2.52. The van der Waals surface area contributed by atoms with Gasteiger partial charge in [0, 0.05) is 0 Å². The monoisotopic (exact) mass is 112 g/mol. The van der Waals surface area contributed by atoms with Gasteiger partial charge in [0.2, 0.25) is 0 Å². The second kappa shape index (κ2) is 1.54. The van der Waals surface area contributed by atoms with E-state index >= 15 is 0 Å². The summed E-state index contributed by atoms with van der Waals surface area (Å²) in [7, 11) is 0. The molecule has 0 aromatic carbocycles. The fourth-order valence-corrected chi connectivity index (χ4v) is 0.717. The Morgan fingerprint density at radius 3 is 1.75 bits per heavy atom. The average molecular weight is 112 g/mol. The van der Waals surface area contributed by atoms with Crippen molar-refractivity contribution < 1.29 is 10.2 Å². The molecule has 0 aromatic heterocycles. The number of aliphatic hydroxyl groups excluding tert-OH is 2. The van der Waals surface area contributed by atoms with Crippen molar-refractivity contribution in [2.45, 2.75) is 6.92 Å². The van der Waals surface area contributed by atoms with Gasteiger partial charge in [-0.1, -0.05) is 6.92 Å². The van der Waals surface area contributed by atoms with E-state index in [0.29, 0.717) is 0 Å². The fraction of sp³-hybridized carbons (Fsp3) is 0.333. The van der Waals surface area contributed by atoms with E-state index in [-0.39, 0.29) is 17.4 Å². The van der Waals surface area contributed by atoms with Crippen molar-refractivity contribution in [3.05, 3.63) is 23.7 Å². The molecule has 0 unspecified atom stereocenters. The molecule has 0 fully saturated rings. The molecule has 44 valence electrons. The summed E-state index contributed by atoms with van der Waals surface area (Å²) in [6.07, 6.45) is 3.19. The Morgan fingerprint density at radius 2 is 1.62 bits per heavy atom. The van der Waals surface area contributed by atoms with Crippen LogP contribution in [0.5, 0.6) is 0 Å². The topological polar surface area (TPSA) is 40.5 Å². The van der Waals surface area contributed by atoms with E-state index in [4.69, 9.17) is 10.2 Å². The molecule has 1 aliphatic carbocycles. The third-order valence-corrected chi connectivity index (χ3v) is 1.10. The molecular weight excluding hydrogens is 104 g/mol. The minimum atomic E-state index is -0.00231. The number of rotatable bonds is 0. The van der Waals surface area contributed by atoms with Gasteiger partial charge in [0.15, 0.2) is 11.5 Å². The van der Waals surface area contributed by atoms with Crippen molar-refractivity contribution in [2.75, 3.05) is 0 Å². The molecule has 0 radical (unpaired) electrons. The lowest BCUT2D eigenvalue weighted by atomic mass is 10.2. The van der Waals surface area contributed by atoms with Crippen LogP contribution < -0.4 is 0 Å². The van der Waals surface area contributed by atoms with E-state index in [1.807, 2.05) is 6.92 Å². The zero-order chi connectivity index (χ0) is 6.15. The minimum absolute atomic E-state index is 0.00231. The van der Waals surface area contributed by atoms with E-state index in [0.717, 1.165) is 0 Å². The molecule has 0 amide bonds. The van der Waals surface area contributed by atoms with Crippen LogP contribution in [0.3, 0.4) is 0 Å². The summed E-state index contributed by atoms with van der Waals surface area (Å²) < 4.78 is 0. The highest BCUT2D eigenvalue weighted by Gasteiger charge is 2.10. The van der Waals surface area contributed by atoms with Gasteiger partial charge in [0.05, 0.1) is 0 Å². The van der Waals surface area contributed by atoms with Crippen molar-refractivity contribution in [2.24, 2.45) is 5.92 Å². The molecule has 1 rings (SSSR count). The Balaban J connectivity index is 2.82. The van der Waals surface area contributed by atoms with E-state index in [1.165, 1.54) is 0 Å². The molecular formula is C6H8O2. The first-order chi connectivity index (χ1) is 3.70. The molecule has 2 N–H and O–H groups in total. The molecule has 0 heterocycles. The smallest absolute Gasteiger partial charge is 0.153 e. The molecule has 0 aliphatic heterocycles. The van der Waals surface area contributed by atoms with Crippen molar-refractivity contribution in [3.8, 4) is 0 Å². The predicted octanol–water partition coefficient (Wildman–Crippen LogP) is 1.52. The summed E-state index contributed by atoms with van der Waals surface area (Å²) in [5, 5.41) is 17.4. The molecule has 0 saturated heterocycles. The maximum absolute atomic E-state index is 8.71. The lowest BCUT2D eigenvalue weighted by molar-refractivity contribution is 0.330. The number of hydrogen-bond acceptors (Lipinski definition) is 2. The van der Waals surface area contributed by atoms with E-state index in [9.17, 15) is 0 Å². The zero-order valence-electron chi connectivity index (χ0n) is 4.63. The van der Waals surface area contributed by atoms with Crippen LogP contribution in [0.15, 0.2) is 23.7 Å². The number of allylic oxidation sites excluding steroid dienone is 2. The minimum Gasteiger partial charge on any atom is -0.504 e. The van der Waals surface area contributed by atoms with Crippen LogP contribution in [-0.4, -0.2) is 10.2 Å². The van der Waals surface area contributed by atoms with Gasteiger partial charge >= 0.3 is 0 Å².